The van der Waals surface area contributed by atoms with E-state index in [0.29, 0.717) is 5.92 Å². The van der Waals surface area contributed by atoms with Crippen molar-refractivity contribution < 1.29 is 4.79 Å². The number of carbonyl (C=O) groups excluding carboxylic acids is 1. The zero-order chi connectivity index (χ0) is 13.1. The molecule has 1 aliphatic rings. The summed E-state index contributed by atoms with van der Waals surface area (Å²) in [5.41, 5.74) is 7.54. The minimum atomic E-state index is 0. The number of piperidine rings is 1. The van der Waals surface area contributed by atoms with E-state index in [9.17, 15) is 4.79 Å². The summed E-state index contributed by atoms with van der Waals surface area (Å²) in [6.45, 7) is 4.40. The second-order valence-electron chi connectivity index (χ2n) is 4.94. The Morgan fingerprint density at radius 1 is 1.42 bits per heavy atom. The predicted molar refractivity (Wildman–Crippen MR) is 83.8 cm³/mol. The van der Waals surface area contributed by atoms with Crippen LogP contribution in [0, 0.1) is 12.8 Å². The number of hydrogen-bond acceptors (Lipinski definition) is 2. The maximum Gasteiger partial charge on any atom is 0.253 e. The first-order chi connectivity index (χ1) is 8.61. The molecule has 106 valence electrons. The maximum absolute atomic E-state index is 12.3. The Kier molecular flexibility index (Phi) is 6.30. The van der Waals surface area contributed by atoms with E-state index in [0.717, 1.165) is 48.1 Å². The third-order valence-electron chi connectivity index (χ3n) is 3.64. The van der Waals surface area contributed by atoms with E-state index >= 15 is 0 Å². The largest absolute Gasteiger partial charge is 0.339 e. The van der Waals surface area contributed by atoms with E-state index in [-0.39, 0.29) is 18.3 Å². The normalized spacial score (nSPS) is 16.1. The molecule has 1 amide bonds. The zero-order valence-electron chi connectivity index (χ0n) is 11.1. The number of aryl methyl sites for hydroxylation is 1. The topological polar surface area (TPSA) is 46.3 Å². The number of nitrogens with zero attached hydrogens (tertiary/aromatic N) is 1. The molecule has 0 spiro atoms. The molecule has 0 bridgehead atoms. The van der Waals surface area contributed by atoms with Gasteiger partial charge in [0.1, 0.15) is 0 Å². The number of hydrogen-bond donors (Lipinski definition) is 1. The molecule has 1 aromatic carbocycles. The molecule has 1 fully saturated rings. The number of rotatable bonds is 2. The number of halogens is 2. The number of likely N-dealkylation sites (tertiary alicyclic amines) is 1. The maximum atomic E-state index is 12.3. The van der Waals surface area contributed by atoms with Gasteiger partial charge in [0.15, 0.2) is 0 Å². The molecule has 1 heterocycles. The summed E-state index contributed by atoms with van der Waals surface area (Å²) < 4.78 is 1.04. The molecular formula is C14H20BrClN2O. The number of benzene rings is 1. The Labute approximate surface area is 129 Å². The molecule has 2 N–H and O–H groups in total. The van der Waals surface area contributed by atoms with Crippen LogP contribution in [0.5, 0.6) is 0 Å². The van der Waals surface area contributed by atoms with E-state index < -0.39 is 0 Å². The lowest BCUT2D eigenvalue weighted by atomic mass is 9.96. The monoisotopic (exact) mass is 346 g/mol. The molecule has 1 saturated heterocycles. The molecule has 2 rings (SSSR count). The molecule has 0 unspecified atom stereocenters. The number of carbonyl (C=O) groups is 1. The average molecular weight is 348 g/mol. The summed E-state index contributed by atoms with van der Waals surface area (Å²) in [5, 5.41) is 0. The number of amides is 1. The molecule has 0 aromatic heterocycles. The molecule has 1 aromatic rings. The van der Waals surface area contributed by atoms with E-state index in [1.54, 1.807) is 0 Å². The second-order valence-corrected chi connectivity index (χ2v) is 5.79. The Morgan fingerprint density at radius 3 is 2.58 bits per heavy atom. The smallest absolute Gasteiger partial charge is 0.253 e. The van der Waals surface area contributed by atoms with Crippen molar-refractivity contribution in [3.8, 4) is 0 Å². The van der Waals surface area contributed by atoms with Gasteiger partial charge in [-0.1, -0.05) is 15.9 Å². The van der Waals surface area contributed by atoms with Gasteiger partial charge in [-0.15, -0.1) is 12.4 Å². The van der Waals surface area contributed by atoms with Crippen LogP contribution in [0.25, 0.3) is 0 Å². The third kappa shape index (κ3) is 3.94. The molecular weight excluding hydrogens is 328 g/mol. The third-order valence-corrected chi connectivity index (χ3v) is 4.53. The minimum absolute atomic E-state index is 0. The van der Waals surface area contributed by atoms with Crippen molar-refractivity contribution in [1.29, 1.82) is 0 Å². The fraction of sp³-hybridized carbons (Fsp3) is 0.500. The van der Waals surface area contributed by atoms with Crippen molar-refractivity contribution in [2.45, 2.75) is 19.8 Å². The van der Waals surface area contributed by atoms with E-state index in [4.69, 9.17) is 5.73 Å². The lowest BCUT2D eigenvalue weighted by Gasteiger charge is -2.31. The molecule has 1 aliphatic heterocycles. The van der Waals surface area contributed by atoms with Gasteiger partial charge in [0.25, 0.3) is 5.91 Å². The fourth-order valence-corrected chi connectivity index (χ4v) is 2.58. The van der Waals surface area contributed by atoms with Crippen LogP contribution in [0.4, 0.5) is 0 Å². The Bertz CT molecular complexity index is 445. The van der Waals surface area contributed by atoms with Crippen LogP contribution in [0.1, 0.15) is 28.8 Å². The van der Waals surface area contributed by atoms with Crippen molar-refractivity contribution in [2.24, 2.45) is 11.7 Å². The van der Waals surface area contributed by atoms with Crippen LogP contribution in [0.15, 0.2) is 22.7 Å². The van der Waals surface area contributed by atoms with Crippen molar-refractivity contribution in [3.63, 3.8) is 0 Å². The van der Waals surface area contributed by atoms with Gasteiger partial charge < -0.3 is 10.6 Å². The molecule has 19 heavy (non-hydrogen) atoms. The van der Waals surface area contributed by atoms with Gasteiger partial charge in [-0.25, -0.2) is 0 Å². The highest BCUT2D eigenvalue weighted by atomic mass is 79.9. The quantitative estimate of drug-likeness (QED) is 0.894. The van der Waals surface area contributed by atoms with Gasteiger partial charge in [0.05, 0.1) is 0 Å². The van der Waals surface area contributed by atoms with E-state index in [2.05, 4.69) is 15.9 Å². The first-order valence-electron chi connectivity index (χ1n) is 6.37. The van der Waals surface area contributed by atoms with Gasteiger partial charge in [-0.05, 0) is 56.0 Å². The highest BCUT2D eigenvalue weighted by Gasteiger charge is 2.22. The summed E-state index contributed by atoms with van der Waals surface area (Å²) in [7, 11) is 0. The number of nitrogens with two attached hydrogens (primary N) is 1. The lowest BCUT2D eigenvalue weighted by Crippen LogP contribution is -2.40. The summed E-state index contributed by atoms with van der Waals surface area (Å²) in [6.07, 6.45) is 2.05. The average Bonchev–Trinajstić information content (AvgIpc) is 2.41. The van der Waals surface area contributed by atoms with E-state index in [1.807, 2.05) is 30.0 Å². The van der Waals surface area contributed by atoms with Crippen LogP contribution < -0.4 is 5.73 Å². The van der Waals surface area contributed by atoms with Gasteiger partial charge in [0, 0.05) is 23.1 Å². The zero-order valence-corrected chi connectivity index (χ0v) is 13.5. The fourth-order valence-electron chi connectivity index (χ4n) is 2.33. The second kappa shape index (κ2) is 7.27. The molecule has 0 aliphatic carbocycles. The van der Waals surface area contributed by atoms with Crippen molar-refractivity contribution >= 4 is 34.2 Å². The Morgan fingerprint density at radius 2 is 2.05 bits per heavy atom. The molecule has 0 saturated carbocycles. The van der Waals surface area contributed by atoms with E-state index in [1.165, 1.54) is 0 Å². The summed E-state index contributed by atoms with van der Waals surface area (Å²) >= 11 is 3.45. The van der Waals surface area contributed by atoms with Gasteiger partial charge in [0.2, 0.25) is 0 Å². The van der Waals surface area contributed by atoms with Crippen LogP contribution in [0.2, 0.25) is 0 Å². The van der Waals surface area contributed by atoms with Crippen molar-refractivity contribution in [2.75, 3.05) is 19.6 Å². The van der Waals surface area contributed by atoms with Gasteiger partial charge >= 0.3 is 0 Å². The Hall–Kier alpha value is -0.580. The summed E-state index contributed by atoms with van der Waals surface area (Å²) in [6, 6.07) is 5.77. The van der Waals surface area contributed by atoms with Crippen molar-refractivity contribution in [1.82, 2.24) is 4.90 Å². The highest BCUT2D eigenvalue weighted by Crippen LogP contribution is 2.21. The molecule has 0 radical (unpaired) electrons. The summed E-state index contributed by atoms with van der Waals surface area (Å²) in [5.74, 6) is 0.724. The predicted octanol–water partition coefficient (Wildman–Crippen LogP) is 2.99. The van der Waals surface area contributed by atoms with Crippen LogP contribution in [-0.4, -0.2) is 30.4 Å². The Balaban J connectivity index is 0.00000180. The standard InChI is InChI=1S/C14H19BrN2O.ClH/c1-10-8-12(2-3-13(10)15)14(18)17-6-4-11(9-16)5-7-17;/h2-3,8,11H,4-7,9,16H2,1H3;1H. The van der Waals surface area contributed by atoms with Gasteiger partial charge in [-0.3, -0.25) is 4.79 Å². The first kappa shape index (κ1) is 16.5. The SMILES string of the molecule is Cc1cc(C(=O)N2CCC(CN)CC2)ccc1Br.Cl. The minimum Gasteiger partial charge on any atom is -0.339 e. The molecule has 0 atom stereocenters. The highest BCUT2D eigenvalue weighted by molar-refractivity contribution is 9.10. The molecule has 3 nitrogen and oxygen atoms in total. The lowest BCUT2D eigenvalue weighted by molar-refractivity contribution is 0.0693. The van der Waals surface area contributed by atoms with Gasteiger partial charge in [-0.2, -0.15) is 0 Å². The first-order valence-corrected chi connectivity index (χ1v) is 7.16. The van der Waals surface area contributed by atoms with Crippen LogP contribution in [-0.2, 0) is 0 Å². The molecule has 5 heteroatoms. The van der Waals surface area contributed by atoms with Crippen molar-refractivity contribution in [3.05, 3.63) is 33.8 Å². The van der Waals surface area contributed by atoms with Crippen LogP contribution >= 0.6 is 28.3 Å². The summed E-state index contributed by atoms with van der Waals surface area (Å²) in [4.78, 5) is 14.3. The van der Waals surface area contributed by atoms with Crippen LogP contribution in [0.3, 0.4) is 0 Å².